The van der Waals surface area contributed by atoms with Crippen molar-refractivity contribution in [3.05, 3.63) is 59.7 Å². The average molecular weight is 445 g/mol. The topological polar surface area (TPSA) is 89.7 Å². The number of aryl methyl sites for hydroxylation is 2. The van der Waals surface area contributed by atoms with Gasteiger partial charge in [-0.15, -0.1) is 4.80 Å². The van der Waals surface area contributed by atoms with Crippen molar-refractivity contribution in [2.24, 2.45) is 5.92 Å². The van der Waals surface area contributed by atoms with Crippen molar-refractivity contribution in [2.75, 3.05) is 7.05 Å². The first kappa shape index (κ1) is 21.8. The van der Waals surface area contributed by atoms with Crippen LogP contribution in [0.25, 0.3) is 5.69 Å². The number of rotatable bonds is 7. The molecule has 1 fully saturated rings. The van der Waals surface area contributed by atoms with Gasteiger partial charge in [0.25, 0.3) is 5.91 Å². The number of hydrogen-bond donors (Lipinski definition) is 0. The van der Waals surface area contributed by atoms with Gasteiger partial charge in [-0.2, -0.15) is 23.4 Å². The molecule has 11 heteroatoms. The standard InChI is InChI=1S/C21H22F3N7O/c1-13-3-6-17(31-27-9-10-28-31)19(29-13)20(32)30(2)16(14-4-5-14)7-8-18-25-11-15(12-26-18)21(22,23)24/h3,6,9-12,14,16H,4-5,7-8H2,1-2H3/t16-/m1/s1. The number of pyridine rings is 1. The minimum absolute atomic E-state index is 0.103. The fourth-order valence-corrected chi connectivity index (χ4v) is 3.66. The molecule has 0 aliphatic heterocycles. The van der Waals surface area contributed by atoms with E-state index in [0.29, 0.717) is 36.0 Å². The summed E-state index contributed by atoms with van der Waals surface area (Å²) in [5.41, 5.74) is 0.551. The number of amides is 1. The Bertz CT molecular complexity index is 1080. The number of halogens is 3. The van der Waals surface area contributed by atoms with Crippen LogP contribution in [0.5, 0.6) is 0 Å². The van der Waals surface area contributed by atoms with E-state index in [2.05, 4.69) is 25.1 Å². The summed E-state index contributed by atoms with van der Waals surface area (Å²) in [6.07, 6.45) is 3.06. The lowest BCUT2D eigenvalue weighted by atomic mass is 10.0. The normalized spacial score (nSPS) is 14.9. The Hall–Kier alpha value is -3.37. The Balaban J connectivity index is 1.51. The van der Waals surface area contributed by atoms with Gasteiger partial charge in [-0.3, -0.25) is 4.79 Å². The number of carbonyl (C=O) groups is 1. The molecule has 1 saturated carbocycles. The number of carbonyl (C=O) groups excluding carboxylic acids is 1. The summed E-state index contributed by atoms with van der Waals surface area (Å²) in [6, 6.07) is 3.44. The van der Waals surface area contributed by atoms with Crippen molar-refractivity contribution < 1.29 is 18.0 Å². The van der Waals surface area contributed by atoms with Crippen LogP contribution in [-0.2, 0) is 12.6 Å². The SMILES string of the molecule is Cc1ccc(-n2nccn2)c(C(=O)N(C)[C@H](CCc2ncc(C(F)(F)F)cn2)C2CC2)n1. The third-order valence-corrected chi connectivity index (χ3v) is 5.53. The molecule has 0 saturated heterocycles. The van der Waals surface area contributed by atoms with Crippen molar-refractivity contribution in [3.63, 3.8) is 0 Å². The fraction of sp³-hybridized carbons (Fsp3) is 0.429. The van der Waals surface area contributed by atoms with Crippen molar-refractivity contribution >= 4 is 5.91 Å². The molecule has 0 bridgehead atoms. The van der Waals surface area contributed by atoms with E-state index in [1.54, 1.807) is 31.0 Å². The zero-order valence-electron chi connectivity index (χ0n) is 17.6. The summed E-state index contributed by atoms with van der Waals surface area (Å²) >= 11 is 0. The molecular formula is C21H22F3N7O. The predicted octanol–water partition coefficient (Wildman–Crippen LogP) is 3.26. The van der Waals surface area contributed by atoms with Crippen LogP contribution in [0.3, 0.4) is 0 Å². The maximum absolute atomic E-state index is 13.4. The quantitative estimate of drug-likeness (QED) is 0.555. The minimum atomic E-state index is -4.47. The summed E-state index contributed by atoms with van der Waals surface area (Å²) in [5, 5.41) is 8.22. The van der Waals surface area contributed by atoms with Gasteiger partial charge < -0.3 is 4.90 Å². The van der Waals surface area contributed by atoms with Crippen LogP contribution in [0.1, 0.15) is 46.8 Å². The van der Waals surface area contributed by atoms with E-state index in [-0.39, 0.29) is 17.6 Å². The molecule has 3 heterocycles. The third kappa shape index (κ3) is 4.76. The highest BCUT2D eigenvalue weighted by Crippen LogP contribution is 2.37. The zero-order valence-corrected chi connectivity index (χ0v) is 17.6. The second kappa shape index (κ2) is 8.64. The maximum Gasteiger partial charge on any atom is 0.419 e. The first-order valence-electron chi connectivity index (χ1n) is 10.2. The molecule has 3 aromatic heterocycles. The largest absolute Gasteiger partial charge is 0.419 e. The van der Waals surface area contributed by atoms with E-state index in [1.165, 1.54) is 17.2 Å². The van der Waals surface area contributed by atoms with Crippen LogP contribution >= 0.6 is 0 Å². The first-order valence-corrected chi connectivity index (χ1v) is 10.2. The molecule has 1 amide bonds. The van der Waals surface area contributed by atoms with Crippen molar-refractivity contribution in [1.82, 2.24) is 34.8 Å². The number of alkyl halides is 3. The summed E-state index contributed by atoms with van der Waals surface area (Å²) in [4.78, 5) is 28.6. The molecule has 3 aromatic rings. The van der Waals surface area contributed by atoms with Gasteiger partial charge >= 0.3 is 6.18 Å². The van der Waals surface area contributed by atoms with Crippen LogP contribution in [0.2, 0.25) is 0 Å². The van der Waals surface area contributed by atoms with E-state index >= 15 is 0 Å². The highest BCUT2D eigenvalue weighted by atomic mass is 19.4. The van der Waals surface area contributed by atoms with Gasteiger partial charge in [-0.05, 0) is 44.2 Å². The van der Waals surface area contributed by atoms with Crippen molar-refractivity contribution in [2.45, 2.75) is 44.8 Å². The molecule has 8 nitrogen and oxygen atoms in total. The third-order valence-electron chi connectivity index (χ3n) is 5.53. The van der Waals surface area contributed by atoms with Gasteiger partial charge in [-0.1, -0.05) is 0 Å². The molecule has 0 N–H and O–H groups in total. The van der Waals surface area contributed by atoms with Gasteiger partial charge in [0.2, 0.25) is 0 Å². The van der Waals surface area contributed by atoms with Crippen molar-refractivity contribution in [3.8, 4) is 5.69 Å². The second-order valence-corrected chi connectivity index (χ2v) is 7.88. The number of aromatic nitrogens is 6. The van der Waals surface area contributed by atoms with Gasteiger partial charge in [0.15, 0.2) is 5.69 Å². The maximum atomic E-state index is 13.4. The van der Waals surface area contributed by atoms with Crippen LogP contribution in [-0.4, -0.2) is 53.8 Å². The summed E-state index contributed by atoms with van der Waals surface area (Å²) in [6.45, 7) is 1.80. The Morgan fingerprint density at radius 2 is 1.84 bits per heavy atom. The molecule has 32 heavy (non-hydrogen) atoms. The van der Waals surface area contributed by atoms with Gasteiger partial charge in [0.05, 0.1) is 18.0 Å². The van der Waals surface area contributed by atoms with Crippen LogP contribution in [0.4, 0.5) is 13.2 Å². The lowest BCUT2D eigenvalue weighted by Crippen LogP contribution is -2.40. The fourth-order valence-electron chi connectivity index (χ4n) is 3.66. The number of nitrogens with zero attached hydrogens (tertiary/aromatic N) is 7. The molecule has 1 atom stereocenters. The molecular weight excluding hydrogens is 423 g/mol. The van der Waals surface area contributed by atoms with Gasteiger partial charge in [-0.25, -0.2) is 15.0 Å². The lowest BCUT2D eigenvalue weighted by molar-refractivity contribution is -0.138. The highest BCUT2D eigenvalue weighted by molar-refractivity contribution is 5.95. The first-order chi connectivity index (χ1) is 15.2. The Morgan fingerprint density at radius 3 is 2.44 bits per heavy atom. The summed E-state index contributed by atoms with van der Waals surface area (Å²) in [5.74, 6) is 0.389. The van der Waals surface area contributed by atoms with E-state index in [1.807, 2.05) is 0 Å². The molecule has 0 radical (unpaired) electrons. The van der Waals surface area contributed by atoms with Crippen LogP contribution < -0.4 is 0 Å². The molecule has 1 aliphatic rings. The lowest BCUT2D eigenvalue weighted by Gasteiger charge is -2.28. The minimum Gasteiger partial charge on any atom is -0.337 e. The van der Waals surface area contributed by atoms with Gasteiger partial charge in [0.1, 0.15) is 11.5 Å². The Labute approximate surface area is 182 Å². The molecule has 4 rings (SSSR count). The summed E-state index contributed by atoms with van der Waals surface area (Å²) < 4.78 is 38.2. The average Bonchev–Trinajstić information content (AvgIpc) is 3.45. The van der Waals surface area contributed by atoms with Crippen LogP contribution in [0, 0.1) is 12.8 Å². The smallest absolute Gasteiger partial charge is 0.337 e. The zero-order chi connectivity index (χ0) is 22.9. The molecule has 1 aliphatic carbocycles. The summed E-state index contributed by atoms with van der Waals surface area (Å²) in [7, 11) is 1.73. The van der Waals surface area contributed by atoms with Gasteiger partial charge in [0, 0.05) is 37.6 Å². The monoisotopic (exact) mass is 445 g/mol. The Kier molecular flexibility index (Phi) is 5.90. The van der Waals surface area contributed by atoms with Crippen LogP contribution in [0.15, 0.2) is 36.9 Å². The molecule has 0 spiro atoms. The molecule has 0 aromatic carbocycles. The number of hydrogen-bond acceptors (Lipinski definition) is 6. The highest BCUT2D eigenvalue weighted by Gasteiger charge is 2.37. The van der Waals surface area contributed by atoms with E-state index < -0.39 is 11.7 Å². The molecule has 0 unspecified atom stereocenters. The van der Waals surface area contributed by atoms with E-state index in [0.717, 1.165) is 25.2 Å². The van der Waals surface area contributed by atoms with E-state index in [9.17, 15) is 18.0 Å². The van der Waals surface area contributed by atoms with E-state index in [4.69, 9.17) is 0 Å². The van der Waals surface area contributed by atoms with Crippen molar-refractivity contribution in [1.29, 1.82) is 0 Å². The Morgan fingerprint density at radius 1 is 1.19 bits per heavy atom. The predicted molar refractivity (Wildman–Crippen MR) is 108 cm³/mol. The second-order valence-electron chi connectivity index (χ2n) is 7.88. The molecule has 168 valence electrons.